The molecule has 5 heterocycles. The summed E-state index contributed by atoms with van der Waals surface area (Å²) in [4.78, 5) is 24.6. The van der Waals surface area contributed by atoms with E-state index in [1.54, 1.807) is 12.3 Å². The lowest BCUT2D eigenvalue weighted by atomic mass is 10.2. The number of hydrogen-bond donors (Lipinski definition) is 3. The summed E-state index contributed by atoms with van der Waals surface area (Å²) in [5.41, 5.74) is 11.1. The van der Waals surface area contributed by atoms with Crippen LogP contribution in [0.1, 0.15) is 24.1 Å². The van der Waals surface area contributed by atoms with Crippen LogP contribution in [0.15, 0.2) is 67.1 Å². The molecule has 0 radical (unpaired) electrons. The molecule has 1 saturated heterocycles. The number of ether oxygens (including phenoxy) is 1. The number of unbranched alkanes of at least 4 members (excludes halogenated alkanes) is 1. The topological polar surface area (TPSA) is 156 Å². The summed E-state index contributed by atoms with van der Waals surface area (Å²) in [5.74, 6) is 2.71. The third kappa shape index (κ3) is 6.53. The van der Waals surface area contributed by atoms with E-state index >= 15 is 0 Å². The number of pyridine rings is 2. The van der Waals surface area contributed by atoms with E-state index in [2.05, 4.69) is 59.3 Å². The molecule has 4 aromatic heterocycles. The van der Waals surface area contributed by atoms with Gasteiger partial charge in [-0.15, -0.1) is 0 Å². The van der Waals surface area contributed by atoms with Crippen molar-refractivity contribution in [3.8, 4) is 23.1 Å². The Balaban J connectivity index is 1.13. The number of fused-ring (bicyclic) bond motifs is 1. The highest BCUT2D eigenvalue weighted by Crippen LogP contribution is 2.31. The highest BCUT2D eigenvalue weighted by molar-refractivity contribution is 5.83. The fraction of sp³-hybridized carbons (Fsp3) is 0.290. The first kappa shape index (κ1) is 28.0. The van der Waals surface area contributed by atoms with Gasteiger partial charge in [-0.1, -0.05) is 12.1 Å². The molecule has 12 heteroatoms. The second-order valence-electron chi connectivity index (χ2n) is 10.2. The standard InChI is InChI=1S/C31H33N11O/c32-19-23-18-27(38-21-37-23)35-12-2-1-11-34-20-22-5-7-24(8-6-22)42-30(25-4-3-13-36-29(25)33)39-26-9-10-28(40-31(26)42)41-14-16-43-17-15-41/h3-10,13,18,21,34H,1-2,11-12,14-17,20H2,(H2,33,36)(H,35,37,38). The molecule has 0 saturated carbocycles. The van der Waals surface area contributed by atoms with Crippen LogP contribution in [0.2, 0.25) is 0 Å². The van der Waals surface area contributed by atoms with Crippen LogP contribution >= 0.6 is 0 Å². The van der Waals surface area contributed by atoms with Crippen molar-refractivity contribution in [2.24, 2.45) is 0 Å². The number of nitrogens with zero attached hydrogens (tertiary/aromatic N) is 8. The minimum Gasteiger partial charge on any atom is -0.383 e. The number of benzene rings is 1. The van der Waals surface area contributed by atoms with Crippen LogP contribution in [0.25, 0.3) is 28.2 Å². The van der Waals surface area contributed by atoms with Crippen molar-refractivity contribution in [1.82, 2.24) is 34.8 Å². The Labute approximate surface area is 249 Å². The average molecular weight is 576 g/mol. The maximum Gasteiger partial charge on any atom is 0.167 e. The number of aromatic nitrogens is 6. The highest BCUT2D eigenvalue weighted by atomic mass is 16.5. The van der Waals surface area contributed by atoms with E-state index < -0.39 is 0 Å². The van der Waals surface area contributed by atoms with Crippen LogP contribution in [0.5, 0.6) is 0 Å². The zero-order valence-corrected chi connectivity index (χ0v) is 23.8. The minimum absolute atomic E-state index is 0.359. The molecule has 1 aliphatic rings. The molecule has 0 atom stereocenters. The second kappa shape index (κ2) is 13.2. The van der Waals surface area contributed by atoms with Gasteiger partial charge in [0, 0.05) is 44.1 Å². The zero-order chi connectivity index (χ0) is 29.4. The molecular weight excluding hydrogens is 542 g/mol. The minimum atomic E-state index is 0.359. The molecule has 0 bridgehead atoms. The number of nitrogens with one attached hydrogen (secondary N) is 2. The molecule has 0 spiro atoms. The molecule has 1 aromatic carbocycles. The summed E-state index contributed by atoms with van der Waals surface area (Å²) in [5, 5.41) is 15.7. The van der Waals surface area contributed by atoms with Crippen molar-refractivity contribution in [2.45, 2.75) is 19.4 Å². The summed E-state index contributed by atoms with van der Waals surface area (Å²) >= 11 is 0. The van der Waals surface area contributed by atoms with Gasteiger partial charge in [-0.05, 0) is 61.3 Å². The maximum atomic E-state index is 8.96. The Kier molecular flexibility index (Phi) is 8.63. The van der Waals surface area contributed by atoms with Gasteiger partial charge in [0.15, 0.2) is 11.5 Å². The van der Waals surface area contributed by atoms with Gasteiger partial charge in [0.1, 0.15) is 41.1 Å². The van der Waals surface area contributed by atoms with Gasteiger partial charge in [0.25, 0.3) is 0 Å². The van der Waals surface area contributed by atoms with Gasteiger partial charge in [-0.3, -0.25) is 4.57 Å². The van der Waals surface area contributed by atoms with Gasteiger partial charge >= 0.3 is 0 Å². The quantitative estimate of drug-likeness (QED) is 0.198. The lowest BCUT2D eigenvalue weighted by Crippen LogP contribution is -2.36. The molecule has 0 amide bonds. The summed E-state index contributed by atoms with van der Waals surface area (Å²) in [6.45, 7) is 5.42. The highest BCUT2D eigenvalue weighted by Gasteiger charge is 2.20. The van der Waals surface area contributed by atoms with Gasteiger partial charge in [0.05, 0.1) is 18.8 Å². The molecule has 0 aliphatic carbocycles. The molecule has 1 aliphatic heterocycles. The third-order valence-electron chi connectivity index (χ3n) is 7.30. The van der Waals surface area contributed by atoms with Gasteiger partial charge in [-0.25, -0.2) is 24.9 Å². The van der Waals surface area contributed by atoms with Crippen LogP contribution < -0.4 is 21.3 Å². The van der Waals surface area contributed by atoms with Crippen LogP contribution in [0.4, 0.5) is 17.5 Å². The van der Waals surface area contributed by atoms with E-state index in [0.717, 1.165) is 73.8 Å². The number of nitriles is 1. The van der Waals surface area contributed by atoms with Gasteiger partial charge in [0.2, 0.25) is 0 Å². The predicted octanol–water partition coefficient (Wildman–Crippen LogP) is 3.54. The monoisotopic (exact) mass is 575 g/mol. The lowest BCUT2D eigenvalue weighted by molar-refractivity contribution is 0.122. The van der Waals surface area contributed by atoms with E-state index in [1.165, 1.54) is 11.9 Å². The molecule has 0 unspecified atom stereocenters. The first-order chi connectivity index (χ1) is 21.2. The van der Waals surface area contributed by atoms with Crippen molar-refractivity contribution < 1.29 is 4.74 Å². The number of anilines is 3. The van der Waals surface area contributed by atoms with Crippen molar-refractivity contribution in [3.63, 3.8) is 0 Å². The molecule has 12 nitrogen and oxygen atoms in total. The van der Waals surface area contributed by atoms with Crippen molar-refractivity contribution in [2.75, 3.05) is 55.3 Å². The largest absolute Gasteiger partial charge is 0.383 e. The molecule has 43 heavy (non-hydrogen) atoms. The summed E-state index contributed by atoms with van der Waals surface area (Å²) in [6.07, 6.45) is 5.07. The normalized spacial score (nSPS) is 13.2. The summed E-state index contributed by atoms with van der Waals surface area (Å²) < 4.78 is 7.60. The van der Waals surface area contributed by atoms with Crippen LogP contribution in [0.3, 0.4) is 0 Å². The maximum absolute atomic E-state index is 8.96. The molecule has 1 fully saturated rings. The first-order valence-electron chi connectivity index (χ1n) is 14.4. The fourth-order valence-electron chi connectivity index (χ4n) is 5.05. The molecule has 218 valence electrons. The number of imidazole rings is 1. The molecule has 6 rings (SSSR count). The Morgan fingerprint density at radius 1 is 0.953 bits per heavy atom. The van der Waals surface area contributed by atoms with Gasteiger partial charge < -0.3 is 26.0 Å². The third-order valence-corrected chi connectivity index (χ3v) is 7.30. The summed E-state index contributed by atoms with van der Waals surface area (Å²) in [6, 6.07) is 20.0. The van der Waals surface area contributed by atoms with Crippen molar-refractivity contribution in [3.05, 3.63) is 78.4 Å². The van der Waals surface area contributed by atoms with Crippen LogP contribution in [-0.2, 0) is 11.3 Å². The first-order valence-corrected chi connectivity index (χ1v) is 14.4. The summed E-state index contributed by atoms with van der Waals surface area (Å²) in [7, 11) is 0. The van der Waals surface area contributed by atoms with E-state index in [1.807, 2.05) is 30.3 Å². The number of hydrogen-bond acceptors (Lipinski definition) is 11. The molecular formula is C31H33N11O. The van der Waals surface area contributed by atoms with Crippen molar-refractivity contribution in [1.29, 1.82) is 5.26 Å². The number of morpholine rings is 1. The number of rotatable bonds is 11. The predicted molar refractivity (Wildman–Crippen MR) is 166 cm³/mol. The zero-order valence-electron chi connectivity index (χ0n) is 23.8. The number of nitrogens with two attached hydrogens (primary N) is 1. The Morgan fingerprint density at radius 3 is 2.60 bits per heavy atom. The van der Waals surface area contributed by atoms with E-state index in [4.69, 9.17) is 25.7 Å². The lowest BCUT2D eigenvalue weighted by Gasteiger charge is -2.27. The second-order valence-corrected chi connectivity index (χ2v) is 10.2. The number of nitrogen functional groups attached to an aromatic ring is 1. The molecule has 5 aromatic rings. The smallest absolute Gasteiger partial charge is 0.167 e. The van der Waals surface area contributed by atoms with E-state index in [-0.39, 0.29) is 0 Å². The Hall–Kier alpha value is -5.12. The Bertz CT molecular complexity index is 1720. The van der Waals surface area contributed by atoms with Crippen LogP contribution in [-0.4, -0.2) is 68.9 Å². The average Bonchev–Trinajstić information content (AvgIpc) is 3.44. The van der Waals surface area contributed by atoms with Crippen LogP contribution in [0, 0.1) is 11.3 Å². The van der Waals surface area contributed by atoms with E-state index in [9.17, 15) is 0 Å². The SMILES string of the molecule is N#Cc1cc(NCCCCNCc2ccc(-n3c(-c4cccnc4N)nc4ccc(N5CCOCC5)nc43)cc2)ncn1. The van der Waals surface area contributed by atoms with Crippen molar-refractivity contribution >= 4 is 28.6 Å². The van der Waals surface area contributed by atoms with E-state index in [0.29, 0.717) is 36.4 Å². The van der Waals surface area contributed by atoms with Gasteiger partial charge in [-0.2, -0.15) is 5.26 Å². The Morgan fingerprint density at radius 2 is 1.79 bits per heavy atom. The molecule has 4 N–H and O–H groups in total. The fourth-order valence-corrected chi connectivity index (χ4v) is 5.05.